The zero-order valence-corrected chi connectivity index (χ0v) is 17.5. The maximum absolute atomic E-state index is 13.0. The minimum Gasteiger partial charge on any atom is -0.493 e. The lowest BCUT2D eigenvalue weighted by Crippen LogP contribution is -2.51. The van der Waals surface area contributed by atoms with E-state index in [1.165, 1.54) is 0 Å². The van der Waals surface area contributed by atoms with Crippen molar-refractivity contribution in [2.24, 2.45) is 0 Å². The molecule has 0 aromatic heterocycles. The second kappa shape index (κ2) is 11.2. The Balaban J connectivity index is 1.59. The first-order valence-electron chi connectivity index (χ1n) is 10.3. The minimum absolute atomic E-state index is 0.0278. The summed E-state index contributed by atoms with van der Waals surface area (Å²) in [7, 11) is 3.22. The number of methoxy groups -OCH3 is 2. The molecular weight excluding hydrogens is 374 g/mol. The van der Waals surface area contributed by atoms with Gasteiger partial charge in [-0.2, -0.15) is 0 Å². The number of carbonyl (C=O) groups excluding carboxylic acids is 1. The van der Waals surface area contributed by atoms with Gasteiger partial charge in [-0.25, -0.2) is 4.79 Å². The Morgan fingerprint density at radius 2 is 1.79 bits per heavy atom. The van der Waals surface area contributed by atoms with E-state index in [0.29, 0.717) is 37.8 Å². The van der Waals surface area contributed by atoms with E-state index >= 15 is 0 Å². The van der Waals surface area contributed by atoms with E-state index < -0.39 is 0 Å². The average Bonchev–Trinajstić information content (AvgIpc) is 2.79. The summed E-state index contributed by atoms with van der Waals surface area (Å²) in [6.07, 6.45) is 1.76. The molecule has 3 rings (SSSR count). The number of rotatable bonds is 8. The summed E-state index contributed by atoms with van der Waals surface area (Å²) in [5, 5.41) is 3.08. The molecule has 1 aromatic carbocycles. The molecule has 29 heavy (non-hydrogen) atoms. The predicted octanol–water partition coefficient (Wildman–Crippen LogP) is 1.73. The maximum atomic E-state index is 13.0. The molecule has 0 saturated carbocycles. The van der Waals surface area contributed by atoms with Crippen molar-refractivity contribution in [2.45, 2.75) is 25.4 Å². The molecule has 0 atom stereocenters. The Labute approximate surface area is 173 Å². The lowest BCUT2D eigenvalue weighted by atomic mass is 10.1. The zero-order valence-electron chi connectivity index (χ0n) is 17.5. The molecule has 1 N–H and O–H groups in total. The third-order valence-corrected chi connectivity index (χ3v) is 5.54. The van der Waals surface area contributed by atoms with E-state index in [2.05, 4.69) is 10.2 Å². The third kappa shape index (κ3) is 6.22. The van der Waals surface area contributed by atoms with Gasteiger partial charge in [0.1, 0.15) is 0 Å². The van der Waals surface area contributed by atoms with Gasteiger partial charge in [0, 0.05) is 52.0 Å². The molecule has 8 heteroatoms. The molecule has 2 heterocycles. The van der Waals surface area contributed by atoms with Gasteiger partial charge in [-0.1, -0.05) is 6.07 Å². The Kier molecular flexibility index (Phi) is 8.39. The van der Waals surface area contributed by atoms with E-state index in [9.17, 15) is 4.79 Å². The van der Waals surface area contributed by atoms with Crippen molar-refractivity contribution in [3.05, 3.63) is 23.8 Å². The number of urea groups is 1. The fourth-order valence-electron chi connectivity index (χ4n) is 3.79. The van der Waals surface area contributed by atoms with Gasteiger partial charge in [0.2, 0.25) is 0 Å². The molecule has 0 unspecified atom stereocenters. The van der Waals surface area contributed by atoms with Crippen LogP contribution in [0.5, 0.6) is 11.5 Å². The zero-order chi connectivity index (χ0) is 20.5. The number of carbonyl (C=O) groups is 1. The summed E-state index contributed by atoms with van der Waals surface area (Å²) in [6.45, 7) is 6.82. The van der Waals surface area contributed by atoms with E-state index in [0.717, 1.165) is 51.3 Å². The number of nitrogens with zero attached hydrogens (tertiary/aromatic N) is 2. The first kappa shape index (κ1) is 21.7. The molecule has 0 radical (unpaired) electrons. The van der Waals surface area contributed by atoms with E-state index in [1.54, 1.807) is 14.2 Å². The van der Waals surface area contributed by atoms with Gasteiger partial charge < -0.3 is 29.2 Å². The van der Waals surface area contributed by atoms with Crippen molar-refractivity contribution in [3.63, 3.8) is 0 Å². The number of hydrogen-bond donors (Lipinski definition) is 1. The van der Waals surface area contributed by atoms with Crippen LogP contribution in [-0.2, 0) is 16.0 Å². The highest BCUT2D eigenvalue weighted by Gasteiger charge is 2.26. The van der Waals surface area contributed by atoms with Crippen LogP contribution in [0.1, 0.15) is 18.4 Å². The molecule has 162 valence electrons. The molecule has 2 saturated heterocycles. The normalized spacial score (nSPS) is 18.3. The first-order valence-corrected chi connectivity index (χ1v) is 10.3. The van der Waals surface area contributed by atoms with E-state index in [4.69, 9.17) is 18.9 Å². The second-order valence-electron chi connectivity index (χ2n) is 7.34. The summed E-state index contributed by atoms with van der Waals surface area (Å²) in [5.41, 5.74) is 0.969. The molecule has 2 fully saturated rings. The lowest BCUT2D eigenvalue weighted by molar-refractivity contribution is 0.0226. The predicted molar refractivity (Wildman–Crippen MR) is 110 cm³/mol. The quantitative estimate of drug-likeness (QED) is 0.708. The van der Waals surface area contributed by atoms with Crippen molar-refractivity contribution in [1.29, 1.82) is 0 Å². The Morgan fingerprint density at radius 3 is 2.48 bits per heavy atom. The van der Waals surface area contributed by atoms with Gasteiger partial charge in [0.05, 0.1) is 27.4 Å². The van der Waals surface area contributed by atoms with Crippen LogP contribution in [0.3, 0.4) is 0 Å². The van der Waals surface area contributed by atoms with E-state index in [-0.39, 0.29) is 12.1 Å². The number of amides is 2. The SMILES string of the molecule is COc1ccc(CNC(=O)N(CCN2CCOCC2)C2CCOCC2)cc1OC. The summed E-state index contributed by atoms with van der Waals surface area (Å²) in [4.78, 5) is 17.4. The van der Waals surface area contributed by atoms with Gasteiger partial charge >= 0.3 is 6.03 Å². The highest BCUT2D eigenvalue weighted by atomic mass is 16.5. The molecule has 0 bridgehead atoms. The van der Waals surface area contributed by atoms with Gasteiger partial charge in [0.25, 0.3) is 0 Å². The van der Waals surface area contributed by atoms with Crippen LogP contribution < -0.4 is 14.8 Å². The molecule has 0 aliphatic carbocycles. The standard InChI is InChI=1S/C21H33N3O5/c1-26-19-4-3-17(15-20(19)27-2)16-22-21(25)24(18-5-11-28-12-6-18)8-7-23-9-13-29-14-10-23/h3-4,15,18H,5-14,16H2,1-2H3,(H,22,25). The minimum atomic E-state index is -0.0278. The number of morpholine rings is 1. The molecule has 2 amide bonds. The van der Waals surface area contributed by atoms with Gasteiger partial charge in [-0.05, 0) is 30.5 Å². The summed E-state index contributed by atoms with van der Waals surface area (Å²) in [5.74, 6) is 1.34. The Bertz CT molecular complexity index is 645. The molecular formula is C21H33N3O5. The molecule has 8 nitrogen and oxygen atoms in total. The summed E-state index contributed by atoms with van der Waals surface area (Å²) in [6, 6.07) is 5.88. The number of hydrogen-bond acceptors (Lipinski definition) is 6. The van der Waals surface area contributed by atoms with Crippen molar-refractivity contribution >= 4 is 6.03 Å². The van der Waals surface area contributed by atoms with Crippen LogP contribution in [0.15, 0.2) is 18.2 Å². The second-order valence-corrected chi connectivity index (χ2v) is 7.34. The Morgan fingerprint density at radius 1 is 1.10 bits per heavy atom. The molecule has 2 aliphatic rings. The van der Waals surface area contributed by atoms with Crippen LogP contribution >= 0.6 is 0 Å². The van der Waals surface area contributed by atoms with Crippen LogP contribution in [0, 0.1) is 0 Å². The average molecular weight is 408 g/mol. The fraction of sp³-hybridized carbons (Fsp3) is 0.667. The third-order valence-electron chi connectivity index (χ3n) is 5.54. The van der Waals surface area contributed by atoms with Gasteiger partial charge in [-0.15, -0.1) is 0 Å². The first-order chi connectivity index (χ1) is 14.2. The largest absolute Gasteiger partial charge is 0.493 e. The van der Waals surface area contributed by atoms with Crippen molar-refractivity contribution in [1.82, 2.24) is 15.1 Å². The highest BCUT2D eigenvalue weighted by molar-refractivity contribution is 5.74. The van der Waals surface area contributed by atoms with Crippen LogP contribution in [0.25, 0.3) is 0 Å². The fourth-order valence-corrected chi connectivity index (χ4v) is 3.79. The number of nitrogens with one attached hydrogen (secondary N) is 1. The summed E-state index contributed by atoms with van der Waals surface area (Å²) < 4.78 is 21.5. The smallest absolute Gasteiger partial charge is 0.317 e. The molecule has 0 spiro atoms. The van der Waals surface area contributed by atoms with Crippen LogP contribution in [0.2, 0.25) is 0 Å². The summed E-state index contributed by atoms with van der Waals surface area (Å²) >= 11 is 0. The van der Waals surface area contributed by atoms with Crippen molar-refractivity contribution in [2.75, 3.05) is 66.8 Å². The van der Waals surface area contributed by atoms with Gasteiger partial charge in [0.15, 0.2) is 11.5 Å². The van der Waals surface area contributed by atoms with Crippen molar-refractivity contribution in [3.8, 4) is 11.5 Å². The maximum Gasteiger partial charge on any atom is 0.317 e. The number of ether oxygens (including phenoxy) is 4. The topological polar surface area (TPSA) is 72.5 Å². The van der Waals surface area contributed by atoms with Crippen LogP contribution in [0.4, 0.5) is 4.79 Å². The molecule has 1 aromatic rings. The monoisotopic (exact) mass is 407 g/mol. The Hall–Kier alpha value is -2.03. The van der Waals surface area contributed by atoms with Gasteiger partial charge in [-0.3, -0.25) is 4.90 Å². The number of benzene rings is 1. The van der Waals surface area contributed by atoms with Crippen LogP contribution in [-0.4, -0.2) is 88.7 Å². The lowest BCUT2D eigenvalue weighted by Gasteiger charge is -2.36. The molecule has 2 aliphatic heterocycles. The van der Waals surface area contributed by atoms with E-state index in [1.807, 2.05) is 23.1 Å². The van der Waals surface area contributed by atoms with Crippen molar-refractivity contribution < 1.29 is 23.7 Å². The highest BCUT2D eigenvalue weighted by Crippen LogP contribution is 2.27.